The van der Waals surface area contributed by atoms with E-state index >= 15 is 0 Å². The third kappa shape index (κ3) is 4.30. The number of aryl methyl sites for hydroxylation is 2. The number of aromatic carboxylic acids is 1. The molecule has 0 aliphatic heterocycles. The predicted molar refractivity (Wildman–Crippen MR) is 111 cm³/mol. The zero-order valence-electron chi connectivity index (χ0n) is 17.6. The zero-order chi connectivity index (χ0) is 24.4. The molecule has 0 spiro atoms. The van der Waals surface area contributed by atoms with E-state index in [1.54, 1.807) is 19.9 Å². The lowest BCUT2D eigenvalue weighted by atomic mass is 10.3. The SMILES string of the molecule is COC(=O)c1cc(C)nc2c(C(N)=O)ncn12.Cc1cc(C(=O)O)nc2c(C(N)=O)ncn12. The lowest BCUT2D eigenvalue weighted by Gasteiger charge is -2.04. The summed E-state index contributed by atoms with van der Waals surface area (Å²) in [5.41, 5.74) is 11.9. The van der Waals surface area contributed by atoms with Crippen molar-refractivity contribution >= 4 is 35.0 Å². The van der Waals surface area contributed by atoms with Crippen molar-refractivity contribution in [1.29, 1.82) is 0 Å². The minimum atomic E-state index is -1.16. The van der Waals surface area contributed by atoms with Crippen LogP contribution in [0.2, 0.25) is 0 Å². The maximum Gasteiger partial charge on any atom is 0.355 e. The number of imidazole rings is 2. The van der Waals surface area contributed by atoms with Gasteiger partial charge in [-0.1, -0.05) is 0 Å². The van der Waals surface area contributed by atoms with Crippen molar-refractivity contribution in [1.82, 2.24) is 28.7 Å². The molecule has 170 valence electrons. The number of esters is 1. The summed E-state index contributed by atoms with van der Waals surface area (Å²) in [6.45, 7) is 3.39. The van der Waals surface area contributed by atoms with E-state index in [0.717, 1.165) is 0 Å². The van der Waals surface area contributed by atoms with Gasteiger partial charge in [0.25, 0.3) is 11.8 Å². The molecule has 0 bridgehead atoms. The Hall–Kier alpha value is -4.88. The number of primary amides is 2. The molecule has 0 saturated carbocycles. The Kier molecular flexibility index (Phi) is 6.01. The third-order valence-corrected chi connectivity index (χ3v) is 4.40. The van der Waals surface area contributed by atoms with Crippen LogP contribution in [-0.2, 0) is 4.74 Å². The quantitative estimate of drug-likeness (QED) is 0.344. The molecular weight excluding hydrogens is 436 g/mol. The summed E-state index contributed by atoms with van der Waals surface area (Å²) in [4.78, 5) is 60.1. The number of carbonyl (C=O) groups excluding carboxylic acids is 3. The lowest BCUT2D eigenvalue weighted by Crippen LogP contribution is -2.14. The highest BCUT2D eigenvalue weighted by Crippen LogP contribution is 2.13. The van der Waals surface area contributed by atoms with Gasteiger partial charge >= 0.3 is 11.9 Å². The molecule has 4 aromatic heterocycles. The van der Waals surface area contributed by atoms with E-state index in [-0.39, 0.29) is 34.1 Å². The summed E-state index contributed by atoms with van der Waals surface area (Å²) < 4.78 is 7.52. The van der Waals surface area contributed by atoms with Crippen molar-refractivity contribution in [2.75, 3.05) is 7.11 Å². The van der Waals surface area contributed by atoms with E-state index in [1.165, 1.54) is 34.6 Å². The number of ether oxygens (including phenoxy) is 1. The van der Waals surface area contributed by atoms with Crippen LogP contribution in [0.4, 0.5) is 0 Å². The molecule has 0 fully saturated rings. The Bertz CT molecular complexity index is 1440. The minimum Gasteiger partial charge on any atom is -0.477 e. The van der Waals surface area contributed by atoms with E-state index in [0.29, 0.717) is 11.4 Å². The van der Waals surface area contributed by atoms with Gasteiger partial charge in [0, 0.05) is 11.4 Å². The summed E-state index contributed by atoms with van der Waals surface area (Å²) in [6, 6.07) is 2.94. The molecule has 0 aromatic carbocycles. The van der Waals surface area contributed by atoms with Crippen LogP contribution < -0.4 is 11.5 Å². The number of hydrogen-bond donors (Lipinski definition) is 3. The van der Waals surface area contributed by atoms with Gasteiger partial charge in [0.15, 0.2) is 28.4 Å². The number of carbonyl (C=O) groups is 4. The summed E-state index contributed by atoms with van der Waals surface area (Å²) in [5.74, 6) is -3.13. The number of nitrogens with two attached hydrogens (primary N) is 2. The van der Waals surface area contributed by atoms with Crippen LogP contribution in [0.15, 0.2) is 24.8 Å². The van der Waals surface area contributed by atoms with Crippen LogP contribution >= 0.6 is 0 Å². The number of amides is 2. The average molecular weight is 454 g/mol. The molecule has 0 saturated heterocycles. The van der Waals surface area contributed by atoms with Gasteiger partial charge in [-0.15, -0.1) is 0 Å². The topological polar surface area (TPSA) is 210 Å². The van der Waals surface area contributed by atoms with Gasteiger partial charge in [-0.3, -0.25) is 18.4 Å². The first-order chi connectivity index (χ1) is 15.5. The molecule has 0 aliphatic carbocycles. The van der Waals surface area contributed by atoms with Gasteiger partial charge < -0.3 is 21.3 Å². The second kappa shape index (κ2) is 8.70. The number of carboxylic acids is 1. The number of carboxylic acid groups (broad SMARTS) is 1. The minimum absolute atomic E-state index is 0.0267. The number of rotatable bonds is 4. The second-order valence-electron chi connectivity index (χ2n) is 6.66. The summed E-state index contributed by atoms with van der Waals surface area (Å²) in [7, 11) is 1.27. The largest absolute Gasteiger partial charge is 0.477 e. The second-order valence-corrected chi connectivity index (χ2v) is 6.66. The molecule has 14 nitrogen and oxygen atoms in total. The van der Waals surface area contributed by atoms with Gasteiger partial charge in [0.1, 0.15) is 18.3 Å². The van der Waals surface area contributed by atoms with Gasteiger partial charge in [0.05, 0.1) is 7.11 Å². The Morgan fingerprint density at radius 3 is 1.97 bits per heavy atom. The molecule has 0 atom stereocenters. The summed E-state index contributed by atoms with van der Waals surface area (Å²) >= 11 is 0. The number of aromatic nitrogens is 6. The monoisotopic (exact) mass is 454 g/mol. The van der Waals surface area contributed by atoms with Crippen molar-refractivity contribution < 1.29 is 29.0 Å². The molecule has 2 amide bonds. The first-order valence-electron chi connectivity index (χ1n) is 9.15. The average Bonchev–Trinajstić information content (AvgIpc) is 3.37. The zero-order valence-corrected chi connectivity index (χ0v) is 17.6. The van der Waals surface area contributed by atoms with E-state index in [4.69, 9.17) is 16.6 Å². The van der Waals surface area contributed by atoms with E-state index in [1.807, 2.05) is 0 Å². The van der Waals surface area contributed by atoms with Gasteiger partial charge in [-0.05, 0) is 26.0 Å². The molecule has 4 aromatic rings. The molecule has 14 heteroatoms. The first-order valence-corrected chi connectivity index (χ1v) is 9.15. The van der Waals surface area contributed by atoms with Crippen LogP contribution in [0, 0.1) is 13.8 Å². The number of nitrogens with zero attached hydrogens (tertiary/aromatic N) is 6. The Labute approximate surface area is 184 Å². The van der Waals surface area contributed by atoms with Crippen LogP contribution in [0.3, 0.4) is 0 Å². The molecular formula is C19H18N8O6. The summed E-state index contributed by atoms with van der Waals surface area (Å²) in [6.07, 6.45) is 2.69. The van der Waals surface area contributed by atoms with Gasteiger partial charge in [-0.2, -0.15) is 0 Å². The standard InChI is InChI=1S/C10H10N4O3.C9H8N4O3/c1-5-3-6(10(16)17-2)14-4-12-7(8(11)15)9(14)13-5;1-4-2-5(9(15)16)12-8-6(7(10)14)11-3-13(4)8/h3-4H,1-2H3,(H2,11,15);2-3H,1H3,(H2,10,14)(H,15,16). The molecule has 0 aliphatic rings. The van der Waals surface area contributed by atoms with Crippen molar-refractivity contribution in [3.63, 3.8) is 0 Å². The highest BCUT2D eigenvalue weighted by atomic mass is 16.5. The van der Waals surface area contributed by atoms with E-state index in [9.17, 15) is 19.2 Å². The van der Waals surface area contributed by atoms with Crippen molar-refractivity contribution in [2.45, 2.75) is 13.8 Å². The molecule has 0 radical (unpaired) electrons. The molecule has 5 N–H and O–H groups in total. The van der Waals surface area contributed by atoms with E-state index in [2.05, 4.69) is 24.7 Å². The molecule has 0 unspecified atom stereocenters. The van der Waals surface area contributed by atoms with Crippen LogP contribution in [-0.4, -0.2) is 64.7 Å². The lowest BCUT2D eigenvalue weighted by molar-refractivity contribution is 0.0590. The summed E-state index contributed by atoms with van der Waals surface area (Å²) in [5, 5.41) is 8.83. The molecule has 4 heterocycles. The Morgan fingerprint density at radius 1 is 0.909 bits per heavy atom. The van der Waals surface area contributed by atoms with Crippen molar-refractivity contribution in [3.8, 4) is 0 Å². The van der Waals surface area contributed by atoms with Crippen molar-refractivity contribution in [2.24, 2.45) is 11.5 Å². The smallest absolute Gasteiger partial charge is 0.355 e. The number of methoxy groups -OCH3 is 1. The first kappa shape index (κ1) is 22.8. The predicted octanol–water partition coefficient (Wildman–Crippen LogP) is -0.242. The highest BCUT2D eigenvalue weighted by Gasteiger charge is 2.18. The highest BCUT2D eigenvalue weighted by molar-refractivity contribution is 5.98. The molecule has 33 heavy (non-hydrogen) atoms. The fourth-order valence-electron chi connectivity index (χ4n) is 2.93. The fraction of sp³-hybridized carbons (Fsp3) is 0.158. The fourth-order valence-corrected chi connectivity index (χ4v) is 2.93. The molecule has 4 rings (SSSR count). The number of fused-ring (bicyclic) bond motifs is 2. The Balaban J connectivity index is 0.000000186. The van der Waals surface area contributed by atoms with E-state index < -0.39 is 23.8 Å². The maximum absolute atomic E-state index is 11.5. The number of hydrogen-bond acceptors (Lipinski definition) is 9. The maximum atomic E-state index is 11.5. The van der Waals surface area contributed by atoms with Crippen LogP contribution in [0.25, 0.3) is 11.3 Å². The van der Waals surface area contributed by atoms with Crippen LogP contribution in [0.5, 0.6) is 0 Å². The van der Waals surface area contributed by atoms with Crippen molar-refractivity contribution in [3.05, 3.63) is 59.0 Å². The normalized spacial score (nSPS) is 10.5. The third-order valence-electron chi connectivity index (χ3n) is 4.40. The Morgan fingerprint density at radius 2 is 1.45 bits per heavy atom. The van der Waals surface area contributed by atoms with Gasteiger partial charge in [0.2, 0.25) is 0 Å². The van der Waals surface area contributed by atoms with Crippen LogP contribution in [0.1, 0.15) is 53.3 Å². The van der Waals surface area contributed by atoms with Gasteiger partial charge in [-0.25, -0.2) is 29.5 Å².